The molecule has 0 saturated carbocycles. The number of carbonyl (C=O) groups excluding carboxylic acids is 7. The van der Waals surface area contributed by atoms with Crippen LogP contribution in [-0.4, -0.2) is 141 Å². The Balaban J connectivity index is 0.930. The van der Waals surface area contributed by atoms with Gasteiger partial charge >= 0.3 is 0 Å². The Morgan fingerprint density at radius 2 is 1.01 bits per heavy atom. The molecule has 2 aliphatic carbocycles. The molecule has 4 heterocycles. The van der Waals surface area contributed by atoms with Gasteiger partial charge in [0.15, 0.2) is 0 Å². The number of ether oxygens (including phenoxy) is 2. The second-order valence-corrected chi connectivity index (χ2v) is 20.4. The van der Waals surface area contributed by atoms with Gasteiger partial charge in [0.05, 0.1) is 24.2 Å². The maximum Gasteiger partial charge on any atom is 0.255 e. The Bertz CT molecular complexity index is 2280. The molecule has 4 aliphatic heterocycles. The lowest BCUT2D eigenvalue weighted by molar-refractivity contribution is -0.144. The molecule has 2 aromatic rings. The summed E-state index contributed by atoms with van der Waals surface area (Å²) in [5.41, 5.74) is 4.85. The Morgan fingerprint density at radius 3 is 1.49 bits per heavy atom. The molecule has 4 saturated heterocycles. The highest BCUT2D eigenvalue weighted by atomic mass is 16.5. The first-order chi connectivity index (χ1) is 34.4. The molecule has 1 unspecified atom stereocenters. The van der Waals surface area contributed by atoms with Gasteiger partial charge < -0.3 is 56.5 Å². The summed E-state index contributed by atoms with van der Waals surface area (Å²) in [6.45, 7) is 6.39. The minimum Gasteiger partial charge on any atom is -0.381 e. The van der Waals surface area contributed by atoms with Crippen LogP contribution in [0.4, 0.5) is 5.69 Å². The van der Waals surface area contributed by atoms with E-state index in [4.69, 9.17) is 9.47 Å². The zero-order valence-corrected chi connectivity index (χ0v) is 41.9. The first-order valence-electron chi connectivity index (χ1n) is 26.3. The number of likely N-dealkylation sites (tertiary alicyclic amines) is 2. The first-order valence-corrected chi connectivity index (χ1v) is 26.3. The third kappa shape index (κ3) is 11.8. The highest BCUT2D eigenvalue weighted by Crippen LogP contribution is 2.37. The van der Waals surface area contributed by atoms with Gasteiger partial charge in [-0.1, -0.05) is 24.3 Å². The van der Waals surface area contributed by atoms with Gasteiger partial charge in [0.2, 0.25) is 35.4 Å². The van der Waals surface area contributed by atoms with E-state index >= 15 is 0 Å². The van der Waals surface area contributed by atoms with Crippen LogP contribution in [0.3, 0.4) is 0 Å². The minimum atomic E-state index is -0.761. The van der Waals surface area contributed by atoms with Crippen LogP contribution in [0.25, 0.3) is 0 Å². The van der Waals surface area contributed by atoms with E-state index in [9.17, 15) is 33.6 Å². The Kier molecular flexibility index (Phi) is 17.4. The molecule has 8 atom stereocenters. The second-order valence-electron chi connectivity index (χ2n) is 20.4. The molecule has 7 amide bonds. The van der Waals surface area contributed by atoms with Crippen molar-refractivity contribution in [1.82, 2.24) is 41.7 Å². The molecule has 0 radical (unpaired) electrons. The number of hydrogen-bond acceptors (Lipinski definition) is 11. The molecule has 18 nitrogen and oxygen atoms in total. The number of amides is 7. The SMILES string of the molecule is CN[C@@H](C)C(=O)NC(C(=O)N1CCC[C@H]1C(=O)N[C@@H]1CCCc2c(C(=O)Nc3cccc4c3CCC[C@H]4NC(=O)[C@@H]3CCCN3C(=O)[C@@H](NC(=O)[C@H](C)NC)C3CCOCC3)cccc21)C1CCOCC1. The Hall–Kier alpha value is -5.43. The maximum absolute atomic E-state index is 14.4. The number of anilines is 1. The van der Waals surface area contributed by atoms with Gasteiger partial charge in [-0.15, -0.1) is 0 Å². The smallest absolute Gasteiger partial charge is 0.255 e. The van der Waals surface area contributed by atoms with Crippen molar-refractivity contribution >= 4 is 47.0 Å². The zero-order valence-electron chi connectivity index (χ0n) is 41.9. The van der Waals surface area contributed by atoms with Gasteiger partial charge in [-0.2, -0.15) is 0 Å². The molecule has 386 valence electrons. The van der Waals surface area contributed by atoms with E-state index in [0.717, 1.165) is 35.1 Å². The zero-order chi connectivity index (χ0) is 50.2. The monoisotopic (exact) mass is 982 g/mol. The van der Waals surface area contributed by atoms with Crippen molar-refractivity contribution < 1.29 is 43.0 Å². The van der Waals surface area contributed by atoms with Crippen molar-refractivity contribution in [3.63, 3.8) is 0 Å². The number of nitrogens with zero attached hydrogens (tertiary/aromatic N) is 2. The van der Waals surface area contributed by atoms with Crippen molar-refractivity contribution in [3.05, 3.63) is 64.2 Å². The molecule has 18 heteroatoms. The van der Waals surface area contributed by atoms with E-state index in [1.807, 2.05) is 36.4 Å². The lowest BCUT2D eigenvalue weighted by Crippen LogP contribution is -2.58. The van der Waals surface area contributed by atoms with E-state index in [-0.39, 0.29) is 65.3 Å². The van der Waals surface area contributed by atoms with Crippen LogP contribution in [0.15, 0.2) is 36.4 Å². The molecule has 6 aliphatic rings. The lowest BCUT2D eigenvalue weighted by Gasteiger charge is -2.36. The summed E-state index contributed by atoms with van der Waals surface area (Å²) >= 11 is 0. The molecular formula is C53H75N9O9. The molecule has 7 N–H and O–H groups in total. The summed E-state index contributed by atoms with van der Waals surface area (Å²) in [5, 5.41) is 21.7. The number of nitrogens with one attached hydrogen (secondary N) is 7. The number of carbonyl (C=O) groups is 7. The largest absolute Gasteiger partial charge is 0.381 e. The summed E-state index contributed by atoms with van der Waals surface area (Å²) in [5.74, 6) is -1.93. The number of hydrogen-bond donors (Lipinski definition) is 7. The summed E-state index contributed by atoms with van der Waals surface area (Å²) in [6, 6.07) is 6.90. The number of rotatable bonds is 16. The number of likely N-dealkylation sites (N-methyl/N-ethyl adjacent to an activating group) is 2. The normalized spacial score (nSPS) is 24.3. The predicted octanol–water partition coefficient (Wildman–Crippen LogP) is 2.95. The number of fused-ring (bicyclic) bond motifs is 2. The summed E-state index contributed by atoms with van der Waals surface area (Å²) in [7, 11) is 3.40. The van der Waals surface area contributed by atoms with Crippen LogP contribution in [0.1, 0.15) is 136 Å². The van der Waals surface area contributed by atoms with E-state index in [1.54, 1.807) is 37.7 Å². The van der Waals surface area contributed by atoms with Gasteiger partial charge in [0.25, 0.3) is 5.91 Å². The van der Waals surface area contributed by atoms with Crippen molar-refractivity contribution in [2.45, 2.75) is 152 Å². The average molecular weight is 982 g/mol. The van der Waals surface area contributed by atoms with E-state index < -0.39 is 36.3 Å². The second kappa shape index (κ2) is 23.9. The fourth-order valence-corrected chi connectivity index (χ4v) is 11.7. The highest BCUT2D eigenvalue weighted by Gasteiger charge is 2.44. The van der Waals surface area contributed by atoms with Gasteiger partial charge in [-0.3, -0.25) is 33.6 Å². The molecule has 0 bridgehead atoms. The van der Waals surface area contributed by atoms with Crippen LogP contribution in [0, 0.1) is 11.8 Å². The Morgan fingerprint density at radius 1 is 0.563 bits per heavy atom. The summed E-state index contributed by atoms with van der Waals surface area (Å²) in [6.07, 6.45) is 9.24. The van der Waals surface area contributed by atoms with Crippen molar-refractivity contribution in [1.29, 1.82) is 0 Å². The maximum atomic E-state index is 14.4. The standard InChI is InChI=1S/C53H75N9O9/c1-31(54-3)47(63)59-45(33-21-27-70-28-22-33)52(68)61-25-9-19-43(61)50(66)57-40-16-6-11-35-36(40)12-5-15-39(35)49(65)56-41-17-7-14-38-37(41)13-8-18-42(38)58-51(67)44-20-10-26-62(44)53(69)46(34-23-29-71-30-24-34)60-48(64)32(2)55-4/h5,7,12,14-15,17,31-34,40,42-46,54-55H,6,8-11,13,16,18-30H2,1-4H3,(H,56,65)(H,57,66)(H,58,67)(H,59,63)(H,60,64)/t31-,32-,40+,42+,43-,44-,45?,46-/m0/s1. The molecule has 0 spiro atoms. The van der Waals surface area contributed by atoms with Crippen LogP contribution < -0.4 is 37.2 Å². The third-order valence-electron chi connectivity index (χ3n) is 16.1. The van der Waals surface area contributed by atoms with Crippen LogP contribution in [0.5, 0.6) is 0 Å². The molecule has 71 heavy (non-hydrogen) atoms. The van der Waals surface area contributed by atoms with Crippen LogP contribution in [0.2, 0.25) is 0 Å². The first kappa shape index (κ1) is 51.9. The molecular weight excluding hydrogens is 907 g/mol. The minimum absolute atomic E-state index is 0.0978. The van der Waals surface area contributed by atoms with E-state index in [2.05, 4.69) is 37.2 Å². The van der Waals surface area contributed by atoms with Crippen LogP contribution in [-0.2, 0) is 51.1 Å². The quantitative estimate of drug-likeness (QED) is 0.129. The predicted molar refractivity (Wildman–Crippen MR) is 266 cm³/mol. The average Bonchev–Trinajstić information content (AvgIpc) is 4.11. The topological polar surface area (TPSA) is 229 Å². The molecule has 8 rings (SSSR count). The highest BCUT2D eigenvalue weighted by molar-refractivity contribution is 6.06. The third-order valence-corrected chi connectivity index (χ3v) is 16.1. The fraction of sp³-hybridized carbons (Fsp3) is 0.642. The molecule has 2 aromatic carbocycles. The van der Waals surface area contributed by atoms with E-state index in [1.165, 1.54) is 0 Å². The van der Waals surface area contributed by atoms with Crippen LogP contribution >= 0.6 is 0 Å². The fourth-order valence-electron chi connectivity index (χ4n) is 11.7. The van der Waals surface area contributed by atoms with E-state index in [0.29, 0.717) is 128 Å². The van der Waals surface area contributed by atoms with Gasteiger partial charge in [-0.05, 0) is 164 Å². The van der Waals surface area contributed by atoms with Gasteiger partial charge in [0, 0.05) is 50.8 Å². The van der Waals surface area contributed by atoms with Crippen molar-refractivity contribution in [3.8, 4) is 0 Å². The summed E-state index contributed by atoms with van der Waals surface area (Å²) in [4.78, 5) is 101. The van der Waals surface area contributed by atoms with Crippen molar-refractivity contribution in [2.24, 2.45) is 11.8 Å². The Labute approximate surface area is 417 Å². The number of benzene rings is 2. The molecule has 4 fully saturated rings. The van der Waals surface area contributed by atoms with Gasteiger partial charge in [0.1, 0.15) is 24.2 Å². The molecule has 0 aromatic heterocycles. The summed E-state index contributed by atoms with van der Waals surface area (Å²) < 4.78 is 11.1. The van der Waals surface area contributed by atoms with Crippen molar-refractivity contribution in [2.75, 3.05) is 58.9 Å². The van der Waals surface area contributed by atoms with Gasteiger partial charge in [-0.25, -0.2) is 0 Å². The lowest BCUT2D eigenvalue weighted by atomic mass is 9.84.